The Labute approximate surface area is 79.7 Å². The summed E-state index contributed by atoms with van der Waals surface area (Å²) in [5.41, 5.74) is 0.323. The minimum absolute atomic E-state index is 1.08. The monoisotopic (exact) mass is 198 g/mol. The van der Waals surface area contributed by atoms with Gasteiger partial charge in [-0.05, 0) is 19.1 Å². The Morgan fingerprint density at radius 2 is 1.64 bits per heavy atom. The van der Waals surface area contributed by atoms with Crippen LogP contribution in [0.15, 0.2) is 24.5 Å². The van der Waals surface area contributed by atoms with E-state index in [9.17, 15) is 9.59 Å². The van der Waals surface area contributed by atoms with Crippen molar-refractivity contribution in [1.29, 1.82) is 0 Å². The minimum Gasteiger partial charge on any atom is -0.479 e. The molecule has 6 nitrogen and oxygen atoms in total. The predicted molar refractivity (Wildman–Crippen MR) is 47.5 cm³/mol. The summed E-state index contributed by atoms with van der Waals surface area (Å²) in [5.74, 6) is -2.89. The molecule has 0 unspecified atom stereocenters. The van der Waals surface area contributed by atoms with Crippen molar-refractivity contribution in [2.24, 2.45) is 0 Å². The van der Waals surface area contributed by atoms with Crippen molar-refractivity contribution in [2.45, 2.75) is 12.5 Å². The van der Waals surface area contributed by atoms with E-state index >= 15 is 0 Å². The average molecular weight is 198 g/mol. The zero-order chi connectivity index (χ0) is 10.8. The van der Waals surface area contributed by atoms with E-state index in [1.807, 2.05) is 0 Å². The second-order valence-electron chi connectivity index (χ2n) is 2.94. The van der Waals surface area contributed by atoms with Crippen molar-refractivity contribution in [3.05, 3.63) is 24.5 Å². The van der Waals surface area contributed by atoms with Crippen molar-refractivity contribution in [3.63, 3.8) is 0 Å². The van der Waals surface area contributed by atoms with Gasteiger partial charge in [0.25, 0.3) is 0 Å². The van der Waals surface area contributed by atoms with Gasteiger partial charge in [0.2, 0.25) is 5.54 Å². The number of rotatable bonds is 4. The normalized spacial score (nSPS) is 10.9. The molecule has 1 aromatic heterocycles. The quantitative estimate of drug-likeness (QED) is 0.590. The topological polar surface area (TPSA) is 91.6 Å². The van der Waals surface area contributed by atoms with E-state index in [4.69, 9.17) is 10.2 Å². The van der Waals surface area contributed by atoms with Crippen LogP contribution in [0, 0.1) is 0 Å². The highest BCUT2D eigenvalue weighted by Gasteiger charge is 2.42. The molecule has 76 valence electrons. The molecule has 0 spiro atoms. The lowest BCUT2D eigenvalue weighted by Crippen LogP contribution is -2.53. The van der Waals surface area contributed by atoms with Crippen LogP contribution < -0.4 is 5.43 Å². The Morgan fingerprint density at radius 3 is 2.00 bits per heavy atom. The maximum absolute atomic E-state index is 10.7. The van der Waals surface area contributed by atoms with E-state index in [1.54, 1.807) is 12.1 Å². The van der Waals surface area contributed by atoms with Gasteiger partial charge in [0.05, 0.1) is 0 Å². The van der Waals surface area contributed by atoms with Gasteiger partial charge in [-0.1, -0.05) is 0 Å². The Bertz CT molecular complexity index is 330. The zero-order valence-corrected chi connectivity index (χ0v) is 7.47. The molecular weight excluding hydrogens is 188 g/mol. The molecule has 1 aromatic rings. The number of aromatic nitrogens is 1. The van der Waals surface area contributed by atoms with Gasteiger partial charge < -0.3 is 10.2 Å². The van der Waals surface area contributed by atoms with Gasteiger partial charge in [-0.15, -0.1) is 0 Å². The van der Waals surface area contributed by atoms with Gasteiger partial charge in [-0.25, -0.2) is 9.59 Å². The maximum atomic E-state index is 10.7. The van der Waals surface area contributed by atoms with E-state index in [1.165, 1.54) is 17.1 Å². The number of nitrogens with one attached hydrogen (secondary N) is 1. The van der Waals surface area contributed by atoms with E-state index < -0.39 is 17.5 Å². The van der Waals surface area contributed by atoms with Crippen molar-refractivity contribution in [3.8, 4) is 0 Å². The van der Waals surface area contributed by atoms with Crippen LogP contribution in [-0.4, -0.2) is 32.4 Å². The first kappa shape index (κ1) is 10.1. The van der Waals surface area contributed by atoms with Crippen LogP contribution in [0.4, 0.5) is 0 Å². The summed E-state index contributed by atoms with van der Waals surface area (Å²) < 4.78 is 1.28. The first-order chi connectivity index (χ1) is 6.47. The number of carboxylic acids is 2. The van der Waals surface area contributed by atoms with E-state index in [0.717, 1.165) is 6.92 Å². The van der Waals surface area contributed by atoms with Crippen molar-refractivity contribution in [1.82, 2.24) is 4.68 Å². The lowest BCUT2D eigenvalue weighted by atomic mass is 10.1. The fraction of sp³-hybridized carbons (Fsp3) is 0.250. The molecule has 0 bridgehead atoms. The number of nitrogens with zero attached hydrogens (tertiary/aromatic N) is 1. The Balaban J connectivity index is 2.91. The van der Waals surface area contributed by atoms with Gasteiger partial charge in [0.1, 0.15) is 0 Å². The van der Waals surface area contributed by atoms with Crippen LogP contribution in [0.5, 0.6) is 0 Å². The molecule has 0 aliphatic carbocycles. The second-order valence-corrected chi connectivity index (χ2v) is 2.94. The highest BCUT2D eigenvalue weighted by molar-refractivity contribution is 6.04. The Morgan fingerprint density at radius 1 is 1.21 bits per heavy atom. The molecule has 0 saturated carbocycles. The lowest BCUT2D eigenvalue weighted by Gasteiger charge is -2.22. The minimum atomic E-state index is -2.03. The smallest absolute Gasteiger partial charge is 0.342 e. The predicted octanol–water partition coefficient (Wildman–Crippen LogP) is -0.0405. The molecule has 0 fully saturated rings. The molecule has 0 atom stereocenters. The molecule has 1 heterocycles. The molecule has 0 aliphatic rings. The van der Waals surface area contributed by atoms with Gasteiger partial charge in [0.15, 0.2) is 0 Å². The van der Waals surface area contributed by atoms with Crippen LogP contribution in [0.3, 0.4) is 0 Å². The third-order valence-corrected chi connectivity index (χ3v) is 1.81. The first-order valence-electron chi connectivity index (χ1n) is 3.85. The molecule has 1 rings (SSSR count). The second kappa shape index (κ2) is 3.41. The van der Waals surface area contributed by atoms with Crippen molar-refractivity contribution < 1.29 is 19.8 Å². The Kier molecular flexibility index (Phi) is 2.46. The van der Waals surface area contributed by atoms with E-state index in [0.29, 0.717) is 0 Å². The number of carboxylic acid groups (broad SMARTS) is 2. The summed E-state index contributed by atoms with van der Waals surface area (Å²) >= 11 is 0. The number of carbonyl (C=O) groups is 2. The van der Waals surface area contributed by atoms with Crippen LogP contribution in [0.2, 0.25) is 0 Å². The first-order valence-corrected chi connectivity index (χ1v) is 3.85. The molecule has 0 aromatic carbocycles. The van der Waals surface area contributed by atoms with Crippen molar-refractivity contribution >= 4 is 11.9 Å². The van der Waals surface area contributed by atoms with Gasteiger partial charge in [-0.3, -0.25) is 10.1 Å². The van der Waals surface area contributed by atoms with Crippen LogP contribution in [0.25, 0.3) is 0 Å². The molecule has 0 aliphatic heterocycles. The Hall–Kier alpha value is -1.98. The largest absolute Gasteiger partial charge is 0.479 e. The van der Waals surface area contributed by atoms with Gasteiger partial charge >= 0.3 is 11.9 Å². The number of aliphatic carboxylic acids is 2. The molecule has 0 radical (unpaired) electrons. The summed E-state index contributed by atoms with van der Waals surface area (Å²) in [6.45, 7) is 1.08. The standard InChI is InChI=1S/C8H10N2O4/c1-8(6(11)12,7(13)14)9-10-4-2-3-5-10/h2-5,9H,1H3,(H,11,12)(H,13,14). The van der Waals surface area contributed by atoms with Crippen molar-refractivity contribution in [2.75, 3.05) is 5.43 Å². The highest BCUT2D eigenvalue weighted by atomic mass is 16.4. The molecule has 6 heteroatoms. The van der Waals surface area contributed by atoms with E-state index in [2.05, 4.69) is 5.43 Å². The third kappa shape index (κ3) is 1.68. The maximum Gasteiger partial charge on any atom is 0.342 e. The third-order valence-electron chi connectivity index (χ3n) is 1.81. The van der Waals surface area contributed by atoms with Gasteiger partial charge in [-0.2, -0.15) is 0 Å². The molecular formula is C8H10N2O4. The molecule has 3 N–H and O–H groups in total. The highest BCUT2D eigenvalue weighted by Crippen LogP contribution is 2.06. The van der Waals surface area contributed by atoms with Gasteiger partial charge in [0, 0.05) is 12.4 Å². The summed E-state index contributed by atoms with van der Waals surface area (Å²) in [6.07, 6.45) is 3.04. The van der Waals surface area contributed by atoms with Crippen LogP contribution in [0.1, 0.15) is 6.92 Å². The molecule has 0 saturated heterocycles. The van der Waals surface area contributed by atoms with E-state index in [-0.39, 0.29) is 0 Å². The van der Waals surface area contributed by atoms with Crippen LogP contribution >= 0.6 is 0 Å². The molecule has 0 amide bonds. The fourth-order valence-electron chi connectivity index (χ4n) is 0.854. The lowest BCUT2D eigenvalue weighted by molar-refractivity contribution is -0.155. The SMILES string of the molecule is CC(Nn1cccc1)(C(=O)O)C(=O)O. The fourth-order valence-corrected chi connectivity index (χ4v) is 0.854. The number of hydrogen-bond acceptors (Lipinski definition) is 3. The molecule has 14 heavy (non-hydrogen) atoms. The van der Waals surface area contributed by atoms with Crippen LogP contribution in [-0.2, 0) is 9.59 Å². The average Bonchev–Trinajstić information content (AvgIpc) is 2.55. The summed E-state index contributed by atoms with van der Waals surface area (Å²) in [7, 11) is 0. The number of hydrogen-bond donors (Lipinski definition) is 3. The summed E-state index contributed by atoms with van der Waals surface area (Å²) in [6, 6.07) is 3.30. The summed E-state index contributed by atoms with van der Waals surface area (Å²) in [5, 5.41) is 17.5. The zero-order valence-electron chi connectivity index (χ0n) is 7.47. The summed E-state index contributed by atoms with van der Waals surface area (Å²) in [4.78, 5) is 21.5.